The zero-order valence-electron chi connectivity index (χ0n) is 15.4. The van der Waals surface area contributed by atoms with Crippen LogP contribution in [0.15, 0.2) is 65.4 Å². The van der Waals surface area contributed by atoms with Gasteiger partial charge in [-0.25, -0.2) is 0 Å². The Morgan fingerprint density at radius 1 is 1.08 bits per heavy atom. The minimum Gasteiger partial charge on any atom is -0.461 e. The second-order valence-electron chi connectivity index (χ2n) is 6.38. The van der Waals surface area contributed by atoms with E-state index in [4.69, 9.17) is 4.42 Å². The number of unbranched alkanes of at least 4 members (excludes halogenated alkanes) is 2. The lowest BCUT2D eigenvalue weighted by Gasteiger charge is -2.10. The Morgan fingerprint density at radius 3 is 2.44 bits per heavy atom. The molecule has 0 spiro atoms. The second kappa shape index (κ2) is 9.67. The van der Waals surface area contributed by atoms with Crippen molar-refractivity contribution in [2.24, 2.45) is 0 Å². The van der Waals surface area contributed by atoms with Gasteiger partial charge >= 0.3 is 0 Å². The highest BCUT2D eigenvalue weighted by Crippen LogP contribution is 2.19. The first-order valence-electron chi connectivity index (χ1n) is 8.83. The molecule has 0 radical (unpaired) electrons. The summed E-state index contributed by atoms with van der Waals surface area (Å²) >= 11 is 0. The molecule has 0 amide bonds. The van der Waals surface area contributed by atoms with Gasteiger partial charge in [-0.05, 0) is 53.8 Å². The van der Waals surface area contributed by atoms with Gasteiger partial charge in [0.05, 0.1) is 6.26 Å². The van der Waals surface area contributed by atoms with Gasteiger partial charge in [-0.1, -0.05) is 44.0 Å². The third-order valence-corrected chi connectivity index (χ3v) is 3.93. The quantitative estimate of drug-likeness (QED) is 0.267. The Balaban J connectivity index is 2.13. The van der Waals surface area contributed by atoms with Crippen LogP contribution < -0.4 is 0 Å². The molecule has 0 aliphatic rings. The van der Waals surface area contributed by atoms with Gasteiger partial charge in [-0.2, -0.15) is 0 Å². The van der Waals surface area contributed by atoms with E-state index in [1.807, 2.05) is 31.3 Å². The van der Waals surface area contributed by atoms with Crippen LogP contribution >= 0.6 is 0 Å². The van der Waals surface area contributed by atoms with Crippen LogP contribution in [-0.4, -0.2) is 24.8 Å². The second-order valence-corrected chi connectivity index (χ2v) is 6.38. The lowest BCUT2D eigenvalue weighted by Crippen LogP contribution is -2.02. The van der Waals surface area contributed by atoms with Crippen LogP contribution in [0.3, 0.4) is 0 Å². The fraction of sp³-hybridized carbons (Fsp3) is 0.318. The summed E-state index contributed by atoms with van der Waals surface area (Å²) < 4.78 is 5.15. The lowest BCUT2D eigenvalue weighted by molar-refractivity contribution is 0.102. The molecule has 0 fully saturated rings. The summed E-state index contributed by atoms with van der Waals surface area (Å²) in [5.74, 6) is 0.220. The SMILES string of the molecule is CCCCCc1ccc(C(/C=C\C(=O)c2ccco2)=C\N(C)C)cc1. The Morgan fingerprint density at radius 2 is 1.84 bits per heavy atom. The maximum atomic E-state index is 12.1. The molecule has 0 aliphatic carbocycles. The maximum absolute atomic E-state index is 12.1. The molecular formula is C22H27NO2. The number of hydrogen-bond donors (Lipinski definition) is 0. The number of aryl methyl sites for hydroxylation is 1. The van der Waals surface area contributed by atoms with E-state index in [0.717, 1.165) is 17.6 Å². The van der Waals surface area contributed by atoms with E-state index in [0.29, 0.717) is 5.76 Å². The number of ketones is 1. The standard InChI is InChI=1S/C22H27NO2/c1-4-5-6-8-18-10-12-19(13-11-18)20(17-23(2)3)14-15-21(24)22-9-7-16-25-22/h7,9-17H,4-6,8H2,1-3H3/b15-14-,20-17-. The van der Waals surface area contributed by atoms with Crippen LogP contribution in [0.4, 0.5) is 0 Å². The van der Waals surface area contributed by atoms with E-state index in [2.05, 4.69) is 31.2 Å². The van der Waals surface area contributed by atoms with E-state index < -0.39 is 0 Å². The molecule has 0 unspecified atom stereocenters. The highest BCUT2D eigenvalue weighted by Gasteiger charge is 2.06. The highest BCUT2D eigenvalue weighted by atomic mass is 16.3. The number of benzene rings is 1. The molecule has 25 heavy (non-hydrogen) atoms. The molecule has 1 aromatic heterocycles. The zero-order valence-corrected chi connectivity index (χ0v) is 15.4. The molecule has 2 rings (SSSR count). The summed E-state index contributed by atoms with van der Waals surface area (Å²) in [4.78, 5) is 14.1. The van der Waals surface area contributed by atoms with Crippen molar-refractivity contribution < 1.29 is 9.21 Å². The van der Waals surface area contributed by atoms with Crippen LogP contribution in [-0.2, 0) is 6.42 Å². The molecule has 1 aromatic carbocycles. The van der Waals surface area contributed by atoms with Crippen molar-refractivity contribution in [1.82, 2.24) is 4.90 Å². The Kier molecular flexibility index (Phi) is 7.27. The van der Waals surface area contributed by atoms with Crippen LogP contribution in [0.2, 0.25) is 0 Å². The average Bonchev–Trinajstić information content (AvgIpc) is 3.14. The van der Waals surface area contributed by atoms with Crippen molar-refractivity contribution in [3.05, 3.63) is 77.9 Å². The summed E-state index contributed by atoms with van der Waals surface area (Å²) in [6.07, 6.45) is 11.8. The first-order chi connectivity index (χ1) is 12.1. The fourth-order valence-electron chi connectivity index (χ4n) is 2.60. The molecular weight excluding hydrogens is 310 g/mol. The molecule has 2 aromatic rings. The number of carbonyl (C=O) groups is 1. The average molecular weight is 337 g/mol. The molecule has 1 heterocycles. The van der Waals surface area contributed by atoms with Crippen molar-refractivity contribution in [3.63, 3.8) is 0 Å². The van der Waals surface area contributed by atoms with Crippen LogP contribution in [0.25, 0.3) is 5.57 Å². The summed E-state index contributed by atoms with van der Waals surface area (Å²) in [5, 5.41) is 0. The highest BCUT2D eigenvalue weighted by molar-refractivity contribution is 6.03. The fourth-order valence-corrected chi connectivity index (χ4v) is 2.60. The normalized spacial score (nSPS) is 11.9. The van der Waals surface area contributed by atoms with E-state index in [1.54, 1.807) is 18.2 Å². The largest absolute Gasteiger partial charge is 0.461 e. The van der Waals surface area contributed by atoms with Crippen LogP contribution in [0, 0.1) is 0 Å². The summed E-state index contributed by atoms with van der Waals surface area (Å²) in [7, 11) is 3.95. The van der Waals surface area contributed by atoms with Gasteiger partial charge in [0.25, 0.3) is 0 Å². The number of hydrogen-bond acceptors (Lipinski definition) is 3. The number of carbonyl (C=O) groups excluding carboxylic acids is 1. The molecule has 0 saturated heterocycles. The van der Waals surface area contributed by atoms with Gasteiger partial charge in [0, 0.05) is 20.3 Å². The van der Waals surface area contributed by atoms with Gasteiger partial charge in [0.2, 0.25) is 5.78 Å². The van der Waals surface area contributed by atoms with Crippen LogP contribution in [0.1, 0.15) is 47.9 Å². The van der Waals surface area contributed by atoms with Gasteiger partial charge in [0.15, 0.2) is 5.76 Å². The molecule has 0 N–H and O–H groups in total. The Labute approximate surface area is 150 Å². The lowest BCUT2D eigenvalue weighted by atomic mass is 10.0. The number of nitrogens with zero attached hydrogens (tertiary/aromatic N) is 1. The topological polar surface area (TPSA) is 33.5 Å². The van der Waals surface area contributed by atoms with E-state index in [1.165, 1.54) is 31.1 Å². The predicted molar refractivity (Wildman–Crippen MR) is 104 cm³/mol. The number of allylic oxidation sites excluding steroid dienone is 3. The minimum atomic E-state index is -0.133. The molecule has 132 valence electrons. The predicted octanol–water partition coefficient (Wildman–Crippen LogP) is 5.35. The van der Waals surface area contributed by atoms with E-state index in [-0.39, 0.29) is 5.78 Å². The molecule has 0 aliphatic heterocycles. The van der Waals surface area contributed by atoms with Crippen molar-refractivity contribution >= 4 is 11.4 Å². The molecule has 0 saturated carbocycles. The number of rotatable bonds is 9. The van der Waals surface area contributed by atoms with Gasteiger partial charge in [-0.15, -0.1) is 0 Å². The van der Waals surface area contributed by atoms with Gasteiger partial charge in [-0.3, -0.25) is 4.79 Å². The van der Waals surface area contributed by atoms with E-state index >= 15 is 0 Å². The number of furan rings is 1. The third kappa shape index (κ3) is 6.11. The van der Waals surface area contributed by atoms with Crippen molar-refractivity contribution in [2.45, 2.75) is 32.6 Å². The maximum Gasteiger partial charge on any atom is 0.221 e. The molecule has 0 atom stereocenters. The Hall–Kier alpha value is -2.55. The van der Waals surface area contributed by atoms with Gasteiger partial charge in [0.1, 0.15) is 0 Å². The monoisotopic (exact) mass is 337 g/mol. The first kappa shape index (κ1) is 18.8. The Bertz CT molecular complexity index is 707. The zero-order chi connectivity index (χ0) is 18.1. The summed E-state index contributed by atoms with van der Waals surface area (Å²) in [6.45, 7) is 2.22. The van der Waals surface area contributed by atoms with Crippen molar-refractivity contribution in [3.8, 4) is 0 Å². The van der Waals surface area contributed by atoms with Gasteiger partial charge < -0.3 is 9.32 Å². The van der Waals surface area contributed by atoms with E-state index in [9.17, 15) is 4.79 Å². The molecule has 0 bridgehead atoms. The minimum absolute atomic E-state index is 0.133. The van der Waals surface area contributed by atoms with Crippen molar-refractivity contribution in [1.29, 1.82) is 0 Å². The van der Waals surface area contributed by atoms with Crippen molar-refractivity contribution in [2.75, 3.05) is 14.1 Å². The summed E-state index contributed by atoms with van der Waals surface area (Å²) in [5.41, 5.74) is 3.44. The van der Waals surface area contributed by atoms with Crippen LogP contribution in [0.5, 0.6) is 0 Å². The third-order valence-electron chi connectivity index (χ3n) is 3.93. The molecule has 3 heteroatoms. The smallest absolute Gasteiger partial charge is 0.221 e. The first-order valence-corrected chi connectivity index (χ1v) is 8.83. The summed E-state index contributed by atoms with van der Waals surface area (Å²) in [6, 6.07) is 12.0. The molecule has 3 nitrogen and oxygen atoms in total.